The van der Waals surface area contributed by atoms with Crippen molar-refractivity contribution < 1.29 is 4.42 Å². The summed E-state index contributed by atoms with van der Waals surface area (Å²) < 4.78 is 5.50. The lowest BCUT2D eigenvalue weighted by Crippen LogP contribution is -2.47. The Kier molecular flexibility index (Phi) is 0.963. The minimum atomic E-state index is -0.322. The van der Waals surface area contributed by atoms with E-state index in [2.05, 4.69) is 13.8 Å². The van der Waals surface area contributed by atoms with Crippen molar-refractivity contribution in [3.05, 3.63) is 23.7 Å². The average molecular weight is 151 g/mol. The van der Waals surface area contributed by atoms with Crippen LogP contribution in [0.2, 0.25) is 0 Å². The summed E-state index contributed by atoms with van der Waals surface area (Å²) in [4.78, 5) is 0. The Balaban J connectivity index is 2.65. The maximum absolute atomic E-state index is 6.11. The minimum Gasteiger partial charge on any atom is -0.463 e. The number of hydrogen-bond donors (Lipinski definition) is 1. The van der Waals surface area contributed by atoms with E-state index in [-0.39, 0.29) is 11.0 Å². The van der Waals surface area contributed by atoms with E-state index in [0.717, 1.165) is 11.5 Å². The normalized spacial score (nSPS) is 32.7. The highest BCUT2D eigenvalue weighted by Gasteiger charge is 2.50. The van der Waals surface area contributed by atoms with Gasteiger partial charge in [-0.25, -0.2) is 0 Å². The summed E-state index contributed by atoms with van der Waals surface area (Å²) in [5.41, 5.74) is 5.74. The van der Waals surface area contributed by atoms with Crippen LogP contribution in [0.1, 0.15) is 32.3 Å². The van der Waals surface area contributed by atoms with Crippen LogP contribution in [0, 0.1) is 0 Å². The number of furan rings is 1. The van der Waals surface area contributed by atoms with Crippen LogP contribution in [0.25, 0.3) is 0 Å². The molecule has 1 aromatic rings. The highest BCUT2D eigenvalue weighted by atomic mass is 16.4. The zero-order chi connectivity index (χ0) is 8.28. The van der Waals surface area contributed by atoms with Gasteiger partial charge in [0, 0.05) is 5.41 Å². The molecule has 1 aliphatic heterocycles. The molecule has 1 aliphatic rings. The maximum Gasteiger partial charge on any atom is 0.124 e. The molecule has 0 aliphatic carbocycles. The molecule has 11 heavy (non-hydrogen) atoms. The Labute approximate surface area is 66.4 Å². The van der Waals surface area contributed by atoms with Crippen LogP contribution in [0.3, 0.4) is 0 Å². The van der Waals surface area contributed by atoms with Crippen molar-refractivity contribution in [1.82, 2.24) is 0 Å². The molecule has 1 atom stereocenters. The summed E-state index contributed by atoms with van der Waals surface area (Å²) in [7, 11) is 0. The molecule has 0 saturated heterocycles. The number of rotatable bonds is 0. The van der Waals surface area contributed by atoms with Gasteiger partial charge in [0.15, 0.2) is 0 Å². The van der Waals surface area contributed by atoms with Crippen LogP contribution in [-0.4, -0.2) is 0 Å². The molecule has 2 heteroatoms. The van der Waals surface area contributed by atoms with Gasteiger partial charge in [-0.3, -0.25) is 0 Å². The van der Waals surface area contributed by atoms with Crippen LogP contribution in [0.15, 0.2) is 16.5 Å². The lowest BCUT2D eigenvalue weighted by atomic mass is 9.70. The molecular formula is C9H13NO. The van der Waals surface area contributed by atoms with E-state index >= 15 is 0 Å². The van der Waals surface area contributed by atoms with E-state index in [9.17, 15) is 0 Å². The summed E-state index contributed by atoms with van der Waals surface area (Å²) in [5, 5.41) is 0. The molecule has 1 unspecified atom stereocenters. The average Bonchev–Trinajstić information content (AvgIpc) is 2.37. The van der Waals surface area contributed by atoms with Gasteiger partial charge in [0.05, 0.1) is 5.54 Å². The fraction of sp³-hybridized carbons (Fsp3) is 0.556. The van der Waals surface area contributed by atoms with E-state index in [1.54, 1.807) is 0 Å². The predicted octanol–water partition coefficient (Wildman–Crippen LogP) is 1.74. The van der Waals surface area contributed by atoms with Crippen molar-refractivity contribution in [1.29, 1.82) is 0 Å². The Morgan fingerprint density at radius 2 is 1.73 bits per heavy atom. The first kappa shape index (κ1) is 6.92. The molecule has 0 aromatic carbocycles. The Hall–Kier alpha value is -0.760. The first-order valence-electron chi connectivity index (χ1n) is 3.86. The standard InChI is InChI=1S/C9H13NO/c1-8(2)6-4-5-7(11-6)9(8,3)10/h4-5H,10H2,1-3H3. The predicted molar refractivity (Wildman–Crippen MR) is 43.3 cm³/mol. The SMILES string of the molecule is CC1(C)c2ccc(o2)C1(C)N. The molecule has 0 amide bonds. The second-order valence-electron chi connectivity index (χ2n) is 3.99. The van der Waals surface area contributed by atoms with E-state index in [4.69, 9.17) is 10.2 Å². The van der Waals surface area contributed by atoms with Gasteiger partial charge < -0.3 is 10.2 Å². The van der Waals surface area contributed by atoms with Gasteiger partial charge >= 0.3 is 0 Å². The quantitative estimate of drug-likeness (QED) is 0.613. The van der Waals surface area contributed by atoms with Gasteiger partial charge in [0.1, 0.15) is 11.5 Å². The first-order valence-corrected chi connectivity index (χ1v) is 3.86. The molecule has 2 nitrogen and oxygen atoms in total. The van der Waals surface area contributed by atoms with E-state index < -0.39 is 0 Å². The third kappa shape index (κ3) is 0.566. The van der Waals surface area contributed by atoms with Gasteiger partial charge in [-0.2, -0.15) is 0 Å². The smallest absolute Gasteiger partial charge is 0.124 e. The summed E-state index contributed by atoms with van der Waals surface area (Å²) in [6.07, 6.45) is 0. The van der Waals surface area contributed by atoms with Gasteiger partial charge in [0.2, 0.25) is 0 Å². The zero-order valence-corrected chi connectivity index (χ0v) is 7.14. The van der Waals surface area contributed by atoms with Crippen LogP contribution in [-0.2, 0) is 11.0 Å². The van der Waals surface area contributed by atoms with Crippen LogP contribution in [0.5, 0.6) is 0 Å². The van der Waals surface area contributed by atoms with Crippen molar-refractivity contribution in [3.63, 3.8) is 0 Å². The van der Waals surface area contributed by atoms with E-state index in [0.29, 0.717) is 0 Å². The van der Waals surface area contributed by atoms with Gasteiger partial charge in [-0.15, -0.1) is 0 Å². The molecule has 0 fully saturated rings. The second kappa shape index (κ2) is 1.53. The van der Waals surface area contributed by atoms with Gasteiger partial charge in [0.25, 0.3) is 0 Å². The maximum atomic E-state index is 6.11. The van der Waals surface area contributed by atoms with Crippen LogP contribution < -0.4 is 5.73 Å². The van der Waals surface area contributed by atoms with Gasteiger partial charge in [-0.05, 0) is 19.1 Å². The van der Waals surface area contributed by atoms with Crippen molar-refractivity contribution >= 4 is 0 Å². The molecule has 0 radical (unpaired) electrons. The zero-order valence-electron chi connectivity index (χ0n) is 7.14. The Morgan fingerprint density at radius 1 is 1.18 bits per heavy atom. The first-order chi connectivity index (χ1) is 4.96. The van der Waals surface area contributed by atoms with E-state index in [1.807, 2.05) is 19.1 Å². The fourth-order valence-electron chi connectivity index (χ4n) is 1.52. The molecule has 1 aromatic heterocycles. The Bertz CT molecular complexity index is 268. The molecular weight excluding hydrogens is 138 g/mol. The molecule has 0 spiro atoms. The molecule has 60 valence electrons. The third-order valence-electron chi connectivity index (χ3n) is 3.03. The second-order valence-corrected chi connectivity index (χ2v) is 3.99. The highest BCUT2D eigenvalue weighted by molar-refractivity contribution is 5.34. The highest BCUT2D eigenvalue weighted by Crippen LogP contribution is 2.47. The minimum absolute atomic E-state index is 0.0446. The number of hydrogen-bond acceptors (Lipinski definition) is 2. The van der Waals surface area contributed by atoms with Crippen molar-refractivity contribution in [2.75, 3.05) is 0 Å². The fourth-order valence-corrected chi connectivity index (χ4v) is 1.52. The lowest BCUT2D eigenvalue weighted by Gasteiger charge is -2.33. The summed E-state index contributed by atoms with van der Waals surface area (Å²) >= 11 is 0. The van der Waals surface area contributed by atoms with Crippen molar-refractivity contribution in [2.24, 2.45) is 5.73 Å². The van der Waals surface area contributed by atoms with Crippen molar-refractivity contribution in [2.45, 2.75) is 31.7 Å². The van der Waals surface area contributed by atoms with Crippen molar-refractivity contribution in [3.8, 4) is 0 Å². The number of nitrogens with two attached hydrogens (primary N) is 1. The summed E-state index contributed by atoms with van der Waals surface area (Å²) in [5.74, 6) is 1.90. The Morgan fingerprint density at radius 3 is 2.00 bits per heavy atom. The van der Waals surface area contributed by atoms with Gasteiger partial charge in [-0.1, -0.05) is 13.8 Å². The number of fused-ring (bicyclic) bond motifs is 2. The molecule has 0 saturated carbocycles. The summed E-state index contributed by atoms with van der Waals surface area (Å²) in [6, 6.07) is 3.96. The summed E-state index contributed by atoms with van der Waals surface area (Å²) in [6.45, 7) is 6.23. The molecule has 2 bridgehead atoms. The van der Waals surface area contributed by atoms with Crippen LogP contribution >= 0.6 is 0 Å². The van der Waals surface area contributed by atoms with Crippen LogP contribution in [0.4, 0.5) is 0 Å². The molecule has 2 rings (SSSR count). The topological polar surface area (TPSA) is 39.2 Å². The monoisotopic (exact) mass is 151 g/mol. The largest absolute Gasteiger partial charge is 0.463 e. The lowest BCUT2D eigenvalue weighted by molar-refractivity contribution is 0.299. The molecule has 2 heterocycles. The third-order valence-corrected chi connectivity index (χ3v) is 3.03. The molecule has 2 N–H and O–H groups in total. The van der Waals surface area contributed by atoms with E-state index in [1.165, 1.54) is 0 Å².